The zero-order valence-electron chi connectivity index (χ0n) is 11.3. The highest BCUT2D eigenvalue weighted by Gasteiger charge is 2.45. The zero-order valence-corrected chi connectivity index (χ0v) is 11.3. The Bertz CT molecular complexity index is 262. The molecule has 0 saturated heterocycles. The normalized spacial score (nSPS) is 20.7. The number of nitrogens with two attached hydrogens (primary N) is 1. The van der Waals surface area contributed by atoms with Gasteiger partial charge in [0.1, 0.15) is 0 Å². The average Bonchev–Trinajstić information content (AvgIpc) is 2.92. The summed E-state index contributed by atoms with van der Waals surface area (Å²) in [7, 11) is 0. The van der Waals surface area contributed by atoms with E-state index in [-0.39, 0.29) is 11.3 Å². The van der Waals surface area contributed by atoms with E-state index in [1.165, 1.54) is 12.8 Å². The Kier molecular flexibility index (Phi) is 3.68. The second-order valence-corrected chi connectivity index (χ2v) is 6.58. The van der Waals surface area contributed by atoms with Gasteiger partial charge in [0.2, 0.25) is 5.91 Å². The fraction of sp³-hybridized carbons (Fsp3) is 0.923. The van der Waals surface area contributed by atoms with Crippen molar-refractivity contribution < 1.29 is 4.79 Å². The SMILES string of the molecule is CC(C)C1(CNC(=O)[C@H](N)C(C)(C)C)CC1. The molecule has 1 saturated carbocycles. The van der Waals surface area contributed by atoms with Crippen molar-refractivity contribution in [2.24, 2.45) is 22.5 Å². The van der Waals surface area contributed by atoms with Gasteiger partial charge in [0.25, 0.3) is 0 Å². The minimum atomic E-state index is -0.421. The van der Waals surface area contributed by atoms with Crippen LogP contribution in [-0.2, 0) is 4.79 Å². The lowest BCUT2D eigenvalue weighted by molar-refractivity contribution is -0.124. The van der Waals surface area contributed by atoms with E-state index in [0.29, 0.717) is 11.3 Å². The lowest BCUT2D eigenvalue weighted by Crippen LogP contribution is -2.50. The molecule has 3 nitrogen and oxygen atoms in total. The first-order valence-corrected chi connectivity index (χ1v) is 6.22. The van der Waals surface area contributed by atoms with E-state index in [2.05, 4.69) is 19.2 Å². The first kappa shape index (κ1) is 13.5. The molecule has 1 amide bonds. The summed E-state index contributed by atoms with van der Waals surface area (Å²) in [6, 6.07) is -0.421. The number of carbonyl (C=O) groups excluding carboxylic acids is 1. The van der Waals surface area contributed by atoms with Crippen molar-refractivity contribution >= 4 is 5.91 Å². The van der Waals surface area contributed by atoms with Crippen molar-refractivity contribution in [3.8, 4) is 0 Å². The molecular weight excluding hydrogens is 200 g/mol. The summed E-state index contributed by atoms with van der Waals surface area (Å²) in [5.41, 5.74) is 6.09. The third-order valence-corrected chi connectivity index (χ3v) is 3.95. The average molecular weight is 226 g/mol. The largest absolute Gasteiger partial charge is 0.354 e. The van der Waals surface area contributed by atoms with E-state index in [0.717, 1.165) is 6.54 Å². The number of hydrogen-bond donors (Lipinski definition) is 2. The van der Waals surface area contributed by atoms with Gasteiger partial charge in [-0.2, -0.15) is 0 Å². The molecule has 0 aromatic rings. The Morgan fingerprint density at radius 2 is 1.88 bits per heavy atom. The highest BCUT2D eigenvalue weighted by molar-refractivity contribution is 5.82. The van der Waals surface area contributed by atoms with Crippen LogP contribution in [0.15, 0.2) is 0 Å². The second kappa shape index (κ2) is 4.36. The molecule has 0 bridgehead atoms. The molecular formula is C13H26N2O. The molecule has 1 aliphatic carbocycles. The van der Waals surface area contributed by atoms with E-state index >= 15 is 0 Å². The molecule has 16 heavy (non-hydrogen) atoms. The van der Waals surface area contributed by atoms with Gasteiger partial charge in [0.05, 0.1) is 6.04 Å². The molecule has 0 aliphatic heterocycles. The third kappa shape index (κ3) is 2.97. The van der Waals surface area contributed by atoms with Crippen molar-refractivity contribution in [3.05, 3.63) is 0 Å². The van der Waals surface area contributed by atoms with Crippen LogP contribution in [0.2, 0.25) is 0 Å². The van der Waals surface area contributed by atoms with Crippen LogP contribution in [0.25, 0.3) is 0 Å². The lowest BCUT2D eigenvalue weighted by Gasteiger charge is -2.27. The van der Waals surface area contributed by atoms with Crippen LogP contribution in [0.1, 0.15) is 47.5 Å². The maximum absolute atomic E-state index is 11.9. The third-order valence-electron chi connectivity index (χ3n) is 3.95. The summed E-state index contributed by atoms with van der Waals surface area (Å²) >= 11 is 0. The number of nitrogens with one attached hydrogen (secondary N) is 1. The predicted molar refractivity (Wildman–Crippen MR) is 66.9 cm³/mol. The standard InChI is InChI=1S/C13H26N2O/c1-9(2)13(6-7-13)8-15-11(16)10(14)12(3,4)5/h9-10H,6-8,14H2,1-5H3,(H,15,16)/t10-/m0/s1. The minimum absolute atomic E-state index is 0.0144. The van der Waals surface area contributed by atoms with Gasteiger partial charge in [0.15, 0.2) is 0 Å². The topological polar surface area (TPSA) is 55.1 Å². The summed E-state index contributed by atoms with van der Waals surface area (Å²) in [6.07, 6.45) is 2.46. The Balaban J connectivity index is 2.42. The Hall–Kier alpha value is -0.570. The van der Waals surface area contributed by atoms with Crippen LogP contribution in [0.3, 0.4) is 0 Å². The monoisotopic (exact) mass is 226 g/mol. The molecule has 1 aliphatic rings. The van der Waals surface area contributed by atoms with E-state index in [4.69, 9.17) is 5.73 Å². The first-order valence-electron chi connectivity index (χ1n) is 6.22. The summed E-state index contributed by atoms with van der Waals surface area (Å²) < 4.78 is 0. The number of rotatable bonds is 4. The highest BCUT2D eigenvalue weighted by atomic mass is 16.2. The molecule has 3 N–H and O–H groups in total. The van der Waals surface area contributed by atoms with Crippen molar-refractivity contribution in [1.82, 2.24) is 5.32 Å². The fourth-order valence-electron chi connectivity index (χ4n) is 1.89. The van der Waals surface area contributed by atoms with Crippen LogP contribution >= 0.6 is 0 Å². The summed E-state index contributed by atoms with van der Waals surface area (Å²) in [5, 5.41) is 3.01. The Labute approximate surface area is 99.2 Å². The molecule has 1 atom stereocenters. The van der Waals surface area contributed by atoms with Crippen LogP contribution < -0.4 is 11.1 Å². The first-order chi connectivity index (χ1) is 7.19. The van der Waals surface area contributed by atoms with E-state index in [1.54, 1.807) is 0 Å². The number of hydrogen-bond acceptors (Lipinski definition) is 2. The molecule has 0 aromatic heterocycles. The summed E-state index contributed by atoms with van der Waals surface area (Å²) in [5.74, 6) is 0.623. The van der Waals surface area contributed by atoms with E-state index < -0.39 is 6.04 Å². The van der Waals surface area contributed by atoms with Crippen LogP contribution in [0.4, 0.5) is 0 Å². The molecule has 0 radical (unpaired) electrons. The molecule has 1 fully saturated rings. The fourth-order valence-corrected chi connectivity index (χ4v) is 1.89. The molecule has 3 heteroatoms. The summed E-state index contributed by atoms with van der Waals surface area (Å²) in [4.78, 5) is 11.9. The van der Waals surface area contributed by atoms with Crippen LogP contribution in [0.5, 0.6) is 0 Å². The second-order valence-electron chi connectivity index (χ2n) is 6.58. The van der Waals surface area contributed by atoms with Gasteiger partial charge in [-0.15, -0.1) is 0 Å². The highest BCUT2D eigenvalue weighted by Crippen LogP contribution is 2.51. The van der Waals surface area contributed by atoms with Crippen molar-refractivity contribution in [2.75, 3.05) is 6.54 Å². The maximum Gasteiger partial charge on any atom is 0.237 e. The molecule has 94 valence electrons. The lowest BCUT2D eigenvalue weighted by atomic mass is 9.86. The molecule has 0 spiro atoms. The maximum atomic E-state index is 11.9. The van der Waals surface area contributed by atoms with E-state index in [9.17, 15) is 4.79 Å². The van der Waals surface area contributed by atoms with Gasteiger partial charge < -0.3 is 11.1 Å². The van der Waals surface area contributed by atoms with Gasteiger partial charge in [-0.1, -0.05) is 34.6 Å². The molecule has 0 aromatic carbocycles. The van der Waals surface area contributed by atoms with Crippen molar-refractivity contribution in [1.29, 1.82) is 0 Å². The van der Waals surface area contributed by atoms with Crippen molar-refractivity contribution in [3.63, 3.8) is 0 Å². The molecule has 1 rings (SSSR count). The van der Waals surface area contributed by atoms with Gasteiger partial charge in [-0.05, 0) is 29.6 Å². The predicted octanol–water partition coefficient (Wildman–Crippen LogP) is 1.91. The zero-order chi connectivity index (χ0) is 12.6. The van der Waals surface area contributed by atoms with Gasteiger partial charge in [-0.25, -0.2) is 0 Å². The molecule has 0 unspecified atom stereocenters. The van der Waals surface area contributed by atoms with Gasteiger partial charge in [0, 0.05) is 6.54 Å². The smallest absolute Gasteiger partial charge is 0.237 e. The molecule has 0 heterocycles. The summed E-state index contributed by atoms with van der Waals surface area (Å²) in [6.45, 7) is 11.2. The van der Waals surface area contributed by atoms with Gasteiger partial charge >= 0.3 is 0 Å². The van der Waals surface area contributed by atoms with Crippen LogP contribution in [0, 0.1) is 16.7 Å². The van der Waals surface area contributed by atoms with Crippen molar-refractivity contribution in [2.45, 2.75) is 53.5 Å². The van der Waals surface area contributed by atoms with Gasteiger partial charge in [-0.3, -0.25) is 4.79 Å². The number of amides is 1. The minimum Gasteiger partial charge on any atom is -0.354 e. The van der Waals surface area contributed by atoms with Crippen LogP contribution in [-0.4, -0.2) is 18.5 Å². The Morgan fingerprint density at radius 1 is 1.38 bits per heavy atom. The Morgan fingerprint density at radius 3 is 2.19 bits per heavy atom. The van der Waals surface area contributed by atoms with E-state index in [1.807, 2.05) is 20.8 Å². The number of carbonyl (C=O) groups is 1. The quantitative estimate of drug-likeness (QED) is 0.769.